The summed E-state index contributed by atoms with van der Waals surface area (Å²) in [6, 6.07) is 10.2. The summed E-state index contributed by atoms with van der Waals surface area (Å²) >= 11 is 0. The average molecular weight is 359 g/mol. The van der Waals surface area contributed by atoms with Gasteiger partial charge in [0.05, 0.1) is 6.54 Å². The van der Waals surface area contributed by atoms with E-state index in [9.17, 15) is 14.7 Å². The fourth-order valence-electron chi connectivity index (χ4n) is 3.34. The van der Waals surface area contributed by atoms with Gasteiger partial charge in [0.25, 0.3) is 5.91 Å². The first-order valence-corrected chi connectivity index (χ1v) is 8.97. The van der Waals surface area contributed by atoms with Crippen molar-refractivity contribution in [1.82, 2.24) is 25.4 Å². The van der Waals surface area contributed by atoms with Crippen LogP contribution in [-0.2, 0) is 17.8 Å². The minimum absolute atomic E-state index is 0.135. The van der Waals surface area contributed by atoms with Crippen LogP contribution in [-0.4, -0.2) is 56.3 Å². The van der Waals surface area contributed by atoms with Gasteiger partial charge in [-0.2, -0.15) is 5.10 Å². The summed E-state index contributed by atoms with van der Waals surface area (Å²) in [5, 5.41) is 19.8. The van der Waals surface area contributed by atoms with Gasteiger partial charge in [-0.05, 0) is 31.2 Å². The zero-order valence-corrected chi connectivity index (χ0v) is 14.7. The maximum atomic E-state index is 12.7. The second kappa shape index (κ2) is 8.29. The molecule has 0 aliphatic carbocycles. The van der Waals surface area contributed by atoms with Crippen molar-refractivity contribution in [2.24, 2.45) is 0 Å². The van der Waals surface area contributed by atoms with Gasteiger partial charge < -0.3 is 15.3 Å². The summed E-state index contributed by atoms with van der Waals surface area (Å²) in [6.07, 6.45) is 2.99. The summed E-state index contributed by atoms with van der Waals surface area (Å²) in [7, 11) is 0. The van der Waals surface area contributed by atoms with Crippen LogP contribution in [0.25, 0.3) is 0 Å². The molecule has 140 valence electrons. The minimum atomic E-state index is -1.40. The maximum absolute atomic E-state index is 12.7. The molecule has 0 spiro atoms. The molecule has 1 amide bonds. The third-order valence-electron chi connectivity index (χ3n) is 4.70. The van der Waals surface area contributed by atoms with Gasteiger partial charge in [0.15, 0.2) is 5.60 Å². The number of carbonyl (C=O) groups is 1. The highest BCUT2D eigenvalue weighted by Crippen LogP contribution is 2.22. The van der Waals surface area contributed by atoms with E-state index in [0.717, 1.165) is 19.3 Å². The number of aryl methyl sites for hydroxylation is 1. The van der Waals surface area contributed by atoms with E-state index in [1.165, 1.54) is 5.56 Å². The first-order valence-electron chi connectivity index (χ1n) is 8.97. The molecule has 1 aromatic heterocycles. The van der Waals surface area contributed by atoms with Gasteiger partial charge in [0.2, 0.25) is 0 Å². The number of aromatic amines is 2. The normalized spacial score (nSPS) is 20.5. The topological polar surface area (TPSA) is 114 Å². The van der Waals surface area contributed by atoms with E-state index in [1.54, 1.807) is 4.90 Å². The molecule has 8 nitrogen and oxygen atoms in total. The van der Waals surface area contributed by atoms with Gasteiger partial charge >= 0.3 is 5.69 Å². The molecule has 1 saturated heterocycles. The summed E-state index contributed by atoms with van der Waals surface area (Å²) in [4.78, 5) is 28.0. The van der Waals surface area contributed by atoms with Crippen molar-refractivity contribution >= 4 is 5.91 Å². The van der Waals surface area contributed by atoms with Gasteiger partial charge in [0, 0.05) is 19.6 Å². The SMILES string of the molecule is O=C1N(CCCc2ccccc2)CCCC1(O)CNCc1n[nH]c(=O)[nH]1. The van der Waals surface area contributed by atoms with E-state index in [0.29, 0.717) is 25.3 Å². The zero-order chi connectivity index (χ0) is 18.4. The van der Waals surface area contributed by atoms with E-state index in [2.05, 4.69) is 32.6 Å². The highest BCUT2D eigenvalue weighted by atomic mass is 16.3. The van der Waals surface area contributed by atoms with Gasteiger partial charge in [0.1, 0.15) is 5.82 Å². The van der Waals surface area contributed by atoms with Crippen LogP contribution in [0.5, 0.6) is 0 Å². The first kappa shape index (κ1) is 18.3. The van der Waals surface area contributed by atoms with Gasteiger partial charge in [-0.3, -0.25) is 9.78 Å². The Morgan fingerprint density at radius 1 is 1.27 bits per heavy atom. The number of rotatable bonds is 8. The van der Waals surface area contributed by atoms with Crippen molar-refractivity contribution in [2.45, 2.75) is 37.8 Å². The van der Waals surface area contributed by atoms with Crippen LogP contribution in [0.4, 0.5) is 0 Å². The van der Waals surface area contributed by atoms with E-state index >= 15 is 0 Å². The molecule has 4 N–H and O–H groups in total. The Hall–Kier alpha value is -2.45. The Bertz CT molecular complexity index is 772. The lowest BCUT2D eigenvalue weighted by atomic mass is 9.91. The van der Waals surface area contributed by atoms with E-state index in [4.69, 9.17) is 0 Å². The Labute approximate surface area is 151 Å². The number of benzene rings is 1. The van der Waals surface area contributed by atoms with Crippen molar-refractivity contribution in [1.29, 1.82) is 0 Å². The van der Waals surface area contributed by atoms with Crippen LogP contribution in [0.1, 0.15) is 30.7 Å². The molecule has 1 unspecified atom stereocenters. The van der Waals surface area contributed by atoms with E-state index in [1.807, 2.05) is 18.2 Å². The molecule has 0 saturated carbocycles. The fourth-order valence-corrected chi connectivity index (χ4v) is 3.34. The number of aromatic nitrogens is 3. The molecule has 0 radical (unpaired) electrons. The Balaban J connectivity index is 1.48. The number of likely N-dealkylation sites (tertiary alicyclic amines) is 1. The third kappa shape index (κ3) is 4.59. The number of piperidine rings is 1. The predicted molar refractivity (Wildman–Crippen MR) is 96.4 cm³/mol. The second-order valence-electron chi connectivity index (χ2n) is 6.74. The summed E-state index contributed by atoms with van der Waals surface area (Å²) in [6.45, 7) is 1.74. The van der Waals surface area contributed by atoms with Crippen LogP contribution < -0.4 is 11.0 Å². The zero-order valence-electron chi connectivity index (χ0n) is 14.7. The predicted octanol–water partition coefficient (Wildman–Crippen LogP) is 0.174. The van der Waals surface area contributed by atoms with Gasteiger partial charge in [-0.25, -0.2) is 9.89 Å². The average Bonchev–Trinajstić information content (AvgIpc) is 3.05. The summed E-state index contributed by atoms with van der Waals surface area (Å²) < 4.78 is 0. The van der Waals surface area contributed by atoms with Crippen molar-refractivity contribution in [3.63, 3.8) is 0 Å². The van der Waals surface area contributed by atoms with Crippen molar-refractivity contribution < 1.29 is 9.90 Å². The summed E-state index contributed by atoms with van der Waals surface area (Å²) in [5.41, 5.74) is -0.526. The highest BCUT2D eigenvalue weighted by molar-refractivity contribution is 5.86. The van der Waals surface area contributed by atoms with E-state index < -0.39 is 5.60 Å². The van der Waals surface area contributed by atoms with Crippen molar-refractivity contribution in [2.75, 3.05) is 19.6 Å². The molecule has 26 heavy (non-hydrogen) atoms. The minimum Gasteiger partial charge on any atom is -0.379 e. The Morgan fingerprint density at radius 2 is 2.08 bits per heavy atom. The largest absolute Gasteiger partial charge is 0.379 e. The number of aliphatic hydroxyl groups is 1. The van der Waals surface area contributed by atoms with Crippen LogP contribution in [0, 0.1) is 0 Å². The molecular formula is C18H25N5O3. The summed E-state index contributed by atoms with van der Waals surface area (Å²) in [5.74, 6) is 0.224. The lowest BCUT2D eigenvalue weighted by molar-refractivity contribution is -0.156. The quantitative estimate of drug-likeness (QED) is 0.537. The van der Waals surface area contributed by atoms with Crippen LogP contribution >= 0.6 is 0 Å². The Kier molecular flexibility index (Phi) is 5.85. The molecule has 8 heteroatoms. The molecule has 1 aliphatic heterocycles. The van der Waals surface area contributed by atoms with Crippen LogP contribution in [0.2, 0.25) is 0 Å². The standard InChI is InChI=1S/C18H25N5O3/c24-16-18(26,13-19-12-15-20-17(25)22-21-15)9-5-11-23(16)10-4-8-14-6-2-1-3-7-14/h1-3,6-7,19,26H,4-5,8-13H2,(H2,20,21,22,25). The lowest BCUT2D eigenvalue weighted by Crippen LogP contribution is -2.58. The van der Waals surface area contributed by atoms with E-state index in [-0.39, 0.29) is 24.7 Å². The molecular weight excluding hydrogens is 334 g/mol. The molecule has 2 heterocycles. The van der Waals surface area contributed by atoms with Crippen LogP contribution in [0.3, 0.4) is 0 Å². The smallest absolute Gasteiger partial charge is 0.340 e. The molecule has 2 aromatic rings. The van der Waals surface area contributed by atoms with Crippen molar-refractivity contribution in [3.8, 4) is 0 Å². The number of hydrogen-bond donors (Lipinski definition) is 4. The molecule has 1 fully saturated rings. The van der Waals surface area contributed by atoms with Gasteiger partial charge in [-0.15, -0.1) is 0 Å². The molecule has 1 aromatic carbocycles. The number of nitrogens with one attached hydrogen (secondary N) is 3. The monoisotopic (exact) mass is 359 g/mol. The molecule has 3 rings (SSSR count). The Morgan fingerprint density at radius 3 is 2.81 bits per heavy atom. The number of hydrogen-bond acceptors (Lipinski definition) is 5. The molecule has 0 bridgehead atoms. The van der Waals surface area contributed by atoms with Crippen LogP contribution in [0.15, 0.2) is 35.1 Å². The number of carbonyl (C=O) groups excluding carboxylic acids is 1. The number of nitrogens with zero attached hydrogens (tertiary/aromatic N) is 2. The highest BCUT2D eigenvalue weighted by Gasteiger charge is 2.41. The van der Waals surface area contributed by atoms with Gasteiger partial charge in [-0.1, -0.05) is 30.3 Å². The van der Waals surface area contributed by atoms with Crippen molar-refractivity contribution in [3.05, 3.63) is 52.2 Å². The third-order valence-corrected chi connectivity index (χ3v) is 4.70. The number of amides is 1. The maximum Gasteiger partial charge on any atom is 0.340 e. The fraction of sp³-hybridized carbons (Fsp3) is 0.500. The number of H-pyrrole nitrogens is 2. The lowest BCUT2D eigenvalue weighted by Gasteiger charge is -2.38. The molecule has 1 atom stereocenters. The first-order chi connectivity index (χ1) is 12.6. The molecule has 1 aliphatic rings. The second-order valence-corrected chi connectivity index (χ2v) is 6.74.